The summed E-state index contributed by atoms with van der Waals surface area (Å²) in [5, 5.41) is 10.0. The molecule has 9 nitrogen and oxygen atoms in total. The molecule has 3 heterocycles. The summed E-state index contributed by atoms with van der Waals surface area (Å²) < 4.78 is 36.1. The number of carbonyl (C=O) groups is 1. The molecule has 1 aliphatic rings. The van der Waals surface area contributed by atoms with Crippen LogP contribution < -0.4 is 19.1 Å². The number of hydrogen-bond donors (Lipinski definition) is 1. The number of carboxylic acid groups (broad SMARTS) is 1. The van der Waals surface area contributed by atoms with E-state index in [1.165, 1.54) is 25.3 Å². The van der Waals surface area contributed by atoms with Crippen molar-refractivity contribution < 1.29 is 32.9 Å². The molecule has 1 aliphatic heterocycles. The molecule has 2 aromatic carbocycles. The van der Waals surface area contributed by atoms with Crippen molar-refractivity contribution in [2.24, 2.45) is 0 Å². The molecular formula is C25H24CaFN3O6. The Morgan fingerprint density at radius 3 is 2.72 bits per heavy atom. The van der Waals surface area contributed by atoms with Gasteiger partial charge in [-0.1, -0.05) is 6.07 Å². The van der Waals surface area contributed by atoms with Crippen molar-refractivity contribution in [1.82, 2.24) is 9.97 Å². The van der Waals surface area contributed by atoms with Crippen LogP contribution in [-0.2, 0) is 24.4 Å². The average molecular weight is 522 g/mol. The van der Waals surface area contributed by atoms with Crippen LogP contribution in [0.4, 0.5) is 10.4 Å². The number of halogens is 1. The summed E-state index contributed by atoms with van der Waals surface area (Å²) >= 11 is 0. The summed E-state index contributed by atoms with van der Waals surface area (Å²) in [5.74, 6) is 0.0870. The molecule has 0 aliphatic carbocycles. The number of anilines is 1. The molecule has 11 heteroatoms. The molecule has 2 aromatic heterocycles. The fraction of sp³-hybridized carbons (Fsp3) is 0.240. The minimum atomic E-state index is -1.05. The molecule has 0 radical (unpaired) electrons. The Kier molecular flexibility index (Phi) is 7.87. The summed E-state index contributed by atoms with van der Waals surface area (Å²) in [5.41, 5.74) is 2.94. The van der Waals surface area contributed by atoms with Gasteiger partial charge in [-0.3, -0.25) is 4.98 Å². The molecule has 0 amide bonds. The number of nitrogens with zero attached hydrogens (tertiary/aromatic N) is 3. The molecule has 0 fully saturated rings. The summed E-state index contributed by atoms with van der Waals surface area (Å²) in [6, 6.07) is 10.3. The van der Waals surface area contributed by atoms with Crippen molar-refractivity contribution in [3.63, 3.8) is 0 Å². The van der Waals surface area contributed by atoms with Crippen molar-refractivity contribution in [1.29, 1.82) is 0 Å². The van der Waals surface area contributed by atoms with Gasteiger partial charge in [-0.2, -0.15) is 4.98 Å². The number of ether oxygens (including phenoxy) is 3. The third-order valence-corrected chi connectivity index (χ3v) is 5.92. The molecule has 4 aromatic rings. The minimum absolute atomic E-state index is 0. The number of benzene rings is 2. The van der Waals surface area contributed by atoms with E-state index in [1.807, 2.05) is 6.07 Å². The molecule has 36 heavy (non-hydrogen) atoms. The first-order chi connectivity index (χ1) is 17.0. The first-order valence-corrected chi connectivity index (χ1v) is 10.8. The summed E-state index contributed by atoms with van der Waals surface area (Å²) in [6.45, 7) is 0.373. The molecule has 0 saturated carbocycles. The predicted molar refractivity (Wildman–Crippen MR) is 132 cm³/mol. The zero-order valence-electron chi connectivity index (χ0n) is 19.0. The van der Waals surface area contributed by atoms with Crippen molar-refractivity contribution in [3.8, 4) is 17.2 Å². The maximum absolute atomic E-state index is 13.6. The number of carboxylic acids is 1. The normalized spacial score (nSPS) is 14.6. The van der Waals surface area contributed by atoms with E-state index in [2.05, 4.69) is 9.97 Å². The molecule has 184 valence electrons. The van der Waals surface area contributed by atoms with Crippen LogP contribution in [0.2, 0.25) is 0 Å². The SMILES string of the molecule is COc1ccc(COc2c(OC)ccc3c2C[C@@H](C(=O)O)N(c2nc4ccc(F)cc4o2)C3)nc1.[CaH2]. The predicted octanol–water partition coefficient (Wildman–Crippen LogP) is 3.06. The van der Waals surface area contributed by atoms with Crippen molar-refractivity contribution >= 4 is 60.8 Å². The van der Waals surface area contributed by atoms with Gasteiger partial charge in [0.25, 0.3) is 6.01 Å². The van der Waals surface area contributed by atoms with Gasteiger partial charge >= 0.3 is 43.7 Å². The number of methoxy groups -OCH3 is 2. The summed E-state index contributed by atoms with van der Waals surface area (Å²) in [4.78, 5) is 22.5. The molecule has 1 N–H and O–H groups in total. The van der Waals surface area contributed by atoms with Crippen LogP contribution in [0.25, 0.3) is 11.1 Å². The van der Waals surface area contributed by atoms with E-state index < -0.39 is 17.8 Å². The van der Waals surface area contributed by atoms with Gasteiger partial charge in [0.15, 0.2) is 17.1 Å². The molecule has 0 saturated heterocycles. The first-order valence-electron chi connectivity index (χ1n) is 10.8. The van der Waals surface area contributed by atoms with Crippen LogP contribution in [0.1, 0.15) is 16.8 Å². The average Bonchev–Trinajstić information content (AvgIpc) is 3.29. The van der Waals surface area contributed by atoms with E-state index in [4.69, 9.17) is 18.6 Å². The molecule has 1 atom stereocenters. The summed E-state index contributed by atoms with van der Waals surface area (Å²) in [7, 11) is 3.09. The molecule has 0 unspecified atom stereocenters. The number of rotatable bonds is 7. The van der Waals surface area contributed by atoms with Crippen LogP contribution in [0, 0.1) is 5.82 Å². The van der Waals surface area contributed by atoms with Gasteiger partial charge in [0, 0.05) is 24.6 Å². The van der Waals surface area contributed by atoms with Crippen molar-refractivity contribution in [2.45, 2.75) is 25.6 Å². The van der Waals surface area contributed by atoms with Crippen LogP contribution in [0.3, 0.4) is 0 Å². The number of aliphatic carboxylic acids is 1. The van der Waals surface area contributed by atoms with Gasteiger partial charge < -0.3 is 28.6 Å². The second-order valence-electron chi connectivity index (χ2n) is 8.01. The Morgan fingerprint density at radius 1 is 1.19 bits per heavy atom. The number of aromatic nitrogens is 2. The van der Waals surface area contributed by atoms with Crippen LogP contribution in [0.15, 0.2) is 53.1 Å². The number of oxazole rings is 1. The second kappa shape index (κ2) is 10.9. The van der Waals surface area contributed by atoms with E-state index in [1.54, 1.807) is 36.4 Å². The van der Waals surface area contributed by atoms with E-state index >= 15 is 0 Å². The van der Waals surface area contributed by atoms with E-state index in [0.29, 0.717) is 28.5 Å². The Balaban J connectivity index is 0.00000304. The molecular weight excluding hydrogens is 497 g/mol. The summed E-state index contributed by atoms with van der Waals surface area (Å²) in [6.07, 6.45) is 1.72. The van der Waals surface area contributed by atoms with Crippen molar-refractivity contribution in [2.75, 3.05) is 19.1 Å². The van der Waals surface area contributed by atoms with E-state index in [0.717, 1.165) is 11.1 Å². The van der Waals surface area contributed by atoms with E-state index in [-0.39, 0.29) is 68.9 Å². The third-order valence-electron chi connectivity index (χ3n) is 5.92. The van der Waals surface area contributed by atoms with Crippen LogP contribution >= 0.6 is 0 Å². The fourth-order valence-electron chi connectivity index (χ4n) is 4.13. The van der Waals surface area contributed by atoms with Gasteiger partial charge in [0.2, 0.25) is 0 Å². The first kappa shape index (κ1) is 26.0. The third kappa shape index (κ3) is 5.07. The maximum atomic E-state index is 13.6. The monoisotopic (exact) mass is 521 g/mol. The molecule has 0 bridgehead atoms. The number of fused-ring (bicyclic) bond motifs is 2. The van der Waals surface area contributed by atoms with Gasteiger partial charge in [0.1, 0.15) is 29.7 Å². The Hall–Kier alpha value is -3.08. The van der Waals surface area contributed by atoms with Crippen molar-refractivity contribution in [3.05, 3.63) is 71.3 Å². The Bertz CT molecular complexity index is 1390. The Labute approximate surface area is 235 Å². The topological polar surface area (TPSA) is 107 Å². The standard InChI is InChI=1S/C25H22FN3O6.Ca.2H/c1-32-17-6-5-16(27-11-17)13-34-23-18-10-20(24(30)31)29(12-14(18)3-8-21(23)33-2)25-28-19-7-4-15(26)9-22(19)35-25;;;/h3-9,11,20H,10,12-13H2,1-2H3,(H,30,31);;;/t20-;;;/m0.../s1. The van der Waals surface area contributed by atoms with Gasteiger partial charge in [-0.05, 0) is 35.9 Å². The molecule has 5 rings (SSSR count). The van der Waals surface area contributed by atoms with E-state index in [9.17, 15) is 14.3 Å². The quantitative estimate of drug-likeness (QED) is 0.367. The second-order valence-corrected chi connectivity index (χ2v) is 8.01. The zero-order chi connectivity index (χ0) is 24.5. The zero-order valence-corrected chi connectivity index (χ0v) is 19.0. The fourth-order valence-corrected chi connectivity index (χ4v) is 4.13. The Morgan fingerprint density at radius 2 is 2.03 bits per heavy atom. The van der Waals surface area contributed by atoms with Crippen LogP contribution in [-0.4, -0.2) is 79.0 Å². The van der Waals surface area contributed by atoms with Gasteiger partial charge in [-0.25, -0.2) is 9.18 Å². The van der Waals surface area contributed by atoms with Gasteiger partial charge in [0.05, 0.1) is 26.1 Å². The number of pyridine rings is 1. The van der Waals surface area contributed by atoms with Crippen LogP contribution in [0.5, 0.6) is 17.2 Å². The number of hydrogen-bond acceptors (Lipinski definition) is 8. The van der Waals surface area contributed by atoms with Gasteiger partial charge in [-0.15, -0.1) is 0 Å². The molecule has 0 spiro atoms.